The molecule has 1 unspecified atom stereocenters. The van der Waals surface area contributed by atoms with E-state index >= 15 is 0 Å². The van der Waals surface area contributed by atoms with Gasteiger partial charge < -0.3 is 9.84 Å². The van der Waals surface area contributed by atoms with Gasteiger partial charge in [-0.2, -0.15) is 0 Å². The van der Waals surface area contributed by atoms with Gasteiger partial charge in [0.1, 0.15) is 11.4 Å². The third-order valence-corrected chi connectivity index (χ3v) is 2.79. The van der Waals surface area contributed by atoms with Crippen LogP contribution in [0.3, 0.4) is 0 Å². The molecule has 1 atom stereocenters. The molecule has 0 saturated heterocycles. The van der Waals surface area contributed by atoms with E-state index in [1.54, 1.807) is 12.1 Å². The Kier molecular flexibility index (Phi) is 3.69. The van der Waals surface area contributed by atoms with Gasteiger partial charge in [0.25, 0.3) is 0 Å². The fourth-order valence-corrected chi connectivity index (χ4v) is 1.89. The molecule has 1 aromatic heterocycles. The predicted molar refractivity (Wildman–Crippen MR) is 65.5 cm³/mol. The van der Waals surface area contributed by atoms with E-state index in [0.29, 0.717) is 11.1 Å². The van der Waals surface area contributed by atoms with Crippen LogP contribution in [0.2, 0.25) is 0 Å². The van der Waals surface area contributed by atoms with Gasteiger partial charge in [-0.3, -0.25) is 4.98 Å². The van der Waals surface area contributed by atoms with E-state index in [4.69, 9.17) is 4.74 Å². The maximum Gasteiger partial charge on any atom is 0.141 e. The molecular weight excluding hydrogens is 233 g/mol. The molecule has 94 valence electrons. The zero-order valence-corrected chi connectivity index (χ0v) is 10.0. The molecule has 3 nitrogen and oxygen atoms in total. The van der Waals surface area contributed by atoms with Crippen LogP contribution in [0.5, 0.6) is 0 Å². The minimum absolute atomic E-state index is 0.0299. The molecule has 0 bridgehead atoms. The normalized spacial score (nSPS) is 14.2. The molecule has 0 aliphatic rings. The molecule has 0 radical (unpaired) electrons. The summed E-state index contributed by atoms with van der Waals surface area (Å²) in [5, 5.41) is 10.7. The standard InChI is InChI=1S/C14H14FNO2/c1-18-10-14(17,11-5-3-2-4-6-11)12-7-13(15)9-16-8-12/h2-9,17H,10H2,1H3. The van der Waals surface area contributed by atoms with Crippen molar-refractivity contribution in [2.24, 2.45) is 0 Å². The zero-order chi connectivity index (χ0) is 13.0. The van der Waals surface area contributed by atoms with Crippen molar-refractivity contribution in [2.45, 2.75) is 5.60 Å². The van der Waals surface area contributed by atoms with Crippen molar-refractivity contribution < 1.29 is 14.2 Å². The van der Waals surface area contributed by atoms with E-state index in [1.165, 1.54) is 19.4 Å². The first-order valence-electron chi connectivity index (χ1n) is 5.54. The van der Waals surface area contributed by atoms with Crippen LogP contribution < -0.4 is 0 Å². The van der Waals surface area contributed by atoms with Gasteiger partial charge >= 0.3 is 0 Å². The first kappa shape index (κ1) is 12.7. The lowest BCUT2D eigenvalue weighted by molar-refractivity contribution is -0.00372. The lowest BCUT2D eigenvalue weighted by Crippen LogP contribution is -2.32. The quantitative estimate of drug-likeness (QED) is 0.899. The summed E-state index contributed by atoms with van der Waals surface area (Å²) in [7, 11) is 1.49. The summed E-state index contributed by atoms with van der Waals surface area (Å²) in [5.41, 5.74) is -0.389. The van der Waals surface area contributed by atoms with Gasteiger partial charge in [0.05, 0.1) is 12.8 Å². The Morgan fingerprint density at radius 2 is 1.94 bits per heavy atom. The van der Waals surface area contributed by atoms with Gasteiger partial charge in [-0.1, -0.05) is 30.3 Å². The molecule has 2 aromatic rings. The van der Waals surface area contributed by atoms with Crippen LogP contribution in [0.4, 0.5) is 4.39 Å². The highest BCUT2D eigenvalue weighted by atomic mass is 19.1. The molecule has 0 amide bonds. The molecular formula is C14H14FNO2. The number of rotatable bonds is 4. The maximum absolute atomic E-state index is 13.2. The number of hydrogen-bond donors (Lipinski definition) is 1. The van der Waals surface area contributed by atoms with Crippen molar-refractivity contribution in [3.05, 3.63) is 65.7 Å². The average molecular weight is 247 g/mol. The second-order valence-electron chi connectivity index (χ2n) is 4.05. The molecule has 2 rings (SSSR count). The van der Waals surface area contributed by atoms with Gasteiger partial charge in [0, 0.05) is 18.9 Å². The van der Waals surface area contributed by atoms with Crippen LogP contribution in [0.1, 0.15) is 11.1 Å². The number of hydrogen-bond acceptors (Lipinski definition) is 3. The Hall–Kier alpha value is -1.78. The number of aliphatic hydroxyl groups is 1. The van der Waals surface area contributed by atoms with Gasteiger partial charge in [0.2, 0.25) is 0 Å². The van der Waals surface area contributed by atoms with E-state index in [1.807, 2.05) is 18.2 Å². The van der Waals surface area contributed by atoms with Gasteiger partial charge in [-0.05, 0) is 11.6 Å². The molecule has 1 N–H and O–H groups in total. The third-order valence-electron chi connectivity index (χ3n) is 2.79. The van der Waals surface area contributed by atoms with Crippen LogP contribution in [-0.4, -0.2) is 23.8 Å². The van der Waals surface area contributed by atoms with Crippen molar-refractivity contribution in [1.29, 1.82) is 0 Å². The Morgan fingerprint density at radius 1 is 1.22 bits per heavy atom. The van der Waals surface area contributed by atoms with E-state index in [0.717, 1.165) is 6.20 Å². The molecule has 1 aromatic carbocycles. The largest absolute Gasteiger partial charge is 0.381 e. The molecule has 4 heteroatoms. The fraction of sp³-hybridized carbons (Fsp3) is 0.214. The summed E-state index contributed by atoms with van der Waals surface area (Å²) in [6.07, 6.45) is 2.54. The van der Waals surface area contributed by atoms with Crippen LogP contribution in [0.15, 0.2) is 48.8 Å². The number of pyridine rings is 1. The minimum atomic E-state index is -1.40. The maximum atomic E-state index is 13.2. The second kappa shape index (κ2) is 5.25. The summed E-state index contributed by atoms with van der Waals surface area (Å²) in [5.74, 6) is -0.488. The van der Waals surface area contributed by atoms with Crippen molar-refractivity contribution in [1.82, 2.24) is 4.98 Å². The topological polar surface area (TPSA) is 42.4 Å². The monoisotopic (exact) mass is 247 g/mol. The van der Waals surface area contributed by atoms with Gasteiger partial charge in [-0.25, -0.2) is 4.39 Å². The Morgan fingerprint density at radius 3 is 2.56 bits per heavy atom. The minimum Gasteiger partial charge on any atom is -0.381 e. The fourth-order valence-electron chi connectivity index (χ4n) is 1.89. The number of aromatic nitrogens is 1. The SMILES string of the molecule is COCC(O)(c1ccccc1)c1cncc(F)c1. The van der Waals surface area contributed by atoms with Crippen LogP contribution in [-0.2, 0) is 10.3 Å². The summed E-state index contributed by atoms with van der Waals surface area (Å²) in [6, 6.07) is 10.3. The number of benzene rings is 1. The Bertz CT molecular complexity index is 518. The van der Waals surface area contributed by atoms with E-state index in [9.17, 15) is 9.50 Å². The number of methoxy groups -OCH3 is 1. The van der Waals surface area contributed by atoms with E-state index in [2.05, 4.69) is 4.98 Å². The highest BCUT2D eigenvalue weighted by molar-refractivity contribution is 5.34. The molecule has 0 fully saturated rings. The zero-order valence-electron chi connectivity index (χ0n) is 10.0. The van der Waals surface area contributed by atoms with E-state index in [-0.39, 0.29) is 6.61 Å². The Labute approximate surface area is 105 Å². The number of nitrogens with zero attached hydrogens (tertiary/aromatic N) is 1. The first-order chi connectivity index (χ1) is 8.66. The summed E-state index contributed by atoms with van der Waals surface area (Å²) in [4.78, 5) is 3.77. The van der Waals surface area contributed by atoms with E-state index < -0.39 is 11.4 Å². The van der Waals surface area contributed by atoms with Crippen LogP contribution >= 0.6 is 0 Å². The molecule has 0 aliphatic heterocycles. The molecule has 0 spiro atoms. The number of ether oxygens (including phenoxy) is 1. The van der Waals surface area contributed by atoms with Crippen molar-refractivity contribution >= 4 is 0 Å². The highest BCUT2D eigenvalue weighted by Crippen LogP contribution is 2.29. The molecule has 18 heavy (non-hydrogen) atoms. The summed E-state index contributed by atoms with van der Waals surface area (Å²) < 4.78 is 18.3. The summed E-state index contributed by atoms with van der Waals surface area (Å²) in [6.45, 7) is 0.0299. The smallest absolute Gasteiger partial charge is 0.141 e. The Balaban J connectivity index is 2.50. The van der Waals surface area contributed by atoms with Crippen molar-refractivity contribution in [2.75, 3.05) is 13.7 Å². The lowest BCUT2D eigenvalue weighted by atomic mass is 9.88. The van der Waals surface area contributed by atoms with Crippen molar-refractivity contribution in [3.8, 4) is 0 Å². The van der Waals surface area contributed by atoms with Gasteiger partial charge in [0.15, 0.2) is 0 Å². The summed E-state index contributed by atoms with van der Waals surface area (Å²) >= 11 is 0. The molecule has 1 heterocycles. The average Bonchev–Trinajstić information content (AvgIpc) is 2.40. The third kappa shape index (κ3) is 2.39. The van der Waals surface area contributed by atoms with Gasteiger partial charge in [-0.15, -0.1) is 0 Å². The van der Waals surface area contributed by atoms with Crippen LogP contribution in [0.25, 0.3) is 0 Å². The lowest BCUT2D eigenvalue weighted by Gasteiger charge is -2.28. The first-order valence-corrected chi connectivity index (χ1v) is 5.54. The van der Waals surface area contributed by atoms with Crippen molar-refractivity contribution in [3.63, 3.8) is 0 Å². The number of halogens is 1. The molecule has 0 saturated carbocycles. The predicted octanol–water partition coefficient (Wildman–Crippen LogP) is 2.10. The van der Waals surface area contributed by atoms with Crippen LogP contribution in [0, 0.1) is 5.82 Å². The molecule has 0 aliphatic carbocycles. The highest BCUT2D eigenvalue weighted by Gasteiger charge is 2.32. The second-order valence-corrected chi connectivity index (χ2v) is 4.05.